The van der Waals surface area contributed by atoms with Crippen LogP contribution in [0.1, 0.15) is 30.3 Å². The summed E-state index contributed by atoms with van der Waals surface area (Å²) >= 11 is 1.91. The van der Waals surface area contributed by atoms with Crippen LogP contribution in [0.15, 0.2) is 6.07 Å². The maximum absolute atomic E-state index is 12.7. The van der Waals surface area contributed by atoms with Crippen molar-refractivity contribution in [2.45, 2.75) is 31.8 Å². The van der Waals surface area contributed by atoms with E-state index < -0.39 is 0 Å². The Hall–Kier alpha value is -1.34. The monoisotopic (exact) mass is 348 g/mol. The van der Waals surface area contributed by atoms with E-state index in [4.69, 9.17) is 9.72 Å². The lowest BCUT2D eigenvalue weighted by molar-refractivity contribution is -0.144. The lowest BCUT2D eigenvalue weighted by Crippen LogP contribution is -2.52. The molecule has 1 atom stereocenters. The van der Waals surface area contributed by atoms with Gasteiger partial charge < -0.3 is 14.5 Å². The number of hydrogen-bond donors (Lipinski definition) is 0. The van der Waals surface area contributed by atoms with Crippen LogP contribution >= 0.6 is 11.8 Å². The van der Waals surface area contributed by atoms with Crippen LogP contribution in [-0.4, -0.2) is 71.2 Å². The van der Waals surface area contributed by atoms with E-state index in [1.54, 1.807) is 0 Å². The van der Waals surface area contributed by atoms with Gasteiger partial charge in [0.1, 0.15) is 11.6 Å². The zero-order chi connectivity index (χ0) is 16.5. The van der Waals surface area contributed by atoms with Crippen molar-refractivity contribution < 1.29 is 9.53 Å². The van der Waals surface area contributed by atoms with Gasteiger partial charge >= 0.3 is 0 Å². The fourth-order valence-corrected chi connectivity index (χ4v) is 4.16. The number of carbonyl (C=O) groups is 1. The third-order valence-electron chi connectivity index (χ3n) is 4.79. The molecule has 0 bridgehead atoms. The SMILES string of the molecule is Cc1cc(N2CCOC(C(=O)N3CCSCC3)C2)nc(C2CC2)n1. The molecular formula is C17H24N4O2S. The van der Waals surface area contributed by atoms with Crippen molar-refractivity contribution >= 4 is 23.5 Å². The maximum atomic E-state index is 12.7. The van der Waals surface area contributed by atoms with Gasteiger partial charge in [0.15, 0.2) is 6.10 Å². The summed E-state index contributed by atoms with van der Waals surface area (Å²) in [6.07, 6.45) is 2.02. The van der Waals surface area contributed by atoms with Gasteiger partial charge in [-0.3, -0.25) is 4.79 Å². The fourth-order valence-electron chi connectivity index (χ4n) is 3.25. The second-order valence-corrected chi connectivity index (χ2v) is 7.97. The Balaban J connectivity index is 1.47. The minimum absolute atomic E-state index is 0.133. The lowest BCUT2D eigenvalue weighted by Gasteiger charge is -2.36. The highest BCUT2D eigenvalue weighted by atomic mass is 32.2. The smallest absolute Gasteiger partial charge is 0.253 e. The molecule has 0 spiro atoms. The molecule has 1 saturated carbocycles. The number of aromatic nitrogens is 2. The van der Waals surface area contributed by atoms with Crippen molar-refractivity contribution in [3.05, 3.63) is 17.6 Å². The fraction of sp³-hybridized carbons (Fsp3) is 0.706. The molecule has 1 unspecified atom stereocenters. The van der Waals surface area contributed by atoms with Gasteiger partial charge in [-0.15, -0.1) is 0 Å². The third kappa shape index (κ3) is 3.52. The highest BCUT2D eigenvalue weighted by Gasteiger charge is 2.32. The molecular weight excluding hydrogens is 324 g/mol. The Morgan fingerprint density at radius 1 is 1.25 bits per heavy atom. The summed E-state index contributed by atoms with van der Waals surface area (Å²) in [6, 6.07) is 2.02. The van der Waals surface area contributed by atoms with E-state index in [1.807, 2.05) is 29.7 Å². The third-order valence-corrected chi connectivity index (χ3v) is 5.73. The molecule has 0 N–H and O–H groups in total. The molecule has 0 radical (unpaired) electrons. The number of ether oxygens (including phenoxy) is 1. The van der Waals surface area contributed by atoms with Crippen LogP contribution in [0.4, 0.5) is 5.82 Å². The van der Waals surface area contributed by atoms with Crippen molar-refractivity contribution in [1.82, 2.24) is 14.9 Å². The molecule has 1 amide bonds. The molecule has 2 saturated heterocycles. The van der Waals surface area contributed by atoms with Crippen molar-refractivity contribution in [2.75, 3.05) is 49.2 Å². The highest BCUT2D eigenvalue weighted by Crippen LogP contribution is 2.38. The van der Waals surface area contributed by atoms with Gasteiger partial charge in [0.2, 0.25) is 0 Å². The second-order valence-electron chi connectivity index (χ2n) is 6.74. The number of anilines is 1. The molecule has 4 rings (SSSR count). The van der Waals surface area contributed by atoms with E-state index in [0.29, 0.717) is 19.1 Å². The van der Waals surface area contributed by atoms with E-state index >= 15 is 0 Å². The van der Waals surface area contributed by atoms with Gasteiger partial charge in [-0.05, 0) is 19.8 Å². The predicted molar refractivity (Wildman–Crippen MR) is 94.6 cm³/mol. The number of hydrogen-bond acceptors (Lipinski definition) is 6. The van der Waals surface area contributed by atoms with Crippen LogP contribution in [0.25, 0.3) is 0 Å². The van der Waals surface area contributed by atoms with Crippen molar-refractivity contribution in [1.29, 1.82) is 0 Å². The Bertz CT molecular complexity index is 617. The number of amides is 1. The number of morpholine rings is 1. The molecule has 6 nitrogen and oxygen atoms in total. The summed E-state index contributed by atoms with van der Waals surface area (Å²) in [4.78, 5) is 26.2. The topological polar surface area (TPSA) is 58.6 Å². The number of carbonyl (C=O) groups excluding carboxylic acids is 1. The zero-order valence-electron chi connectivity index (χ0n) is 14.1. The maximum Gasteiger partial charge on any atom is 0.253 e. The Kier molecular flexibility index (Phi) is 4.63. The summed E-state index contributed by atoms with van der Waals surface area (Å²) in [5, 5.41) is 0. The molecule has 2 aliphatic heterocycles. The van der Waals surface area contributed by atoms with Crippen molar-refractivity contribution in [2.24, 2.45) is 0 Å². The summed E-state index contributed by atoms with van der Waals surface area (Å²) in [7, 11) is 0. The van der Waals surface area contributed by atoms with Crippen molar-refractivity contribution in [3.63, 3.8) is 0 Å². The van der Waals surface area contributed by atoms with Gasteiger partial charge in [0.25, 0.3) is 5.91 Å². The van der Waals surface area contributed by atoms with E-state index in [9.17, 15) is 4.79 Å². The minimum Gasteiger partial charge on any atom is -0.365 e. The number of nitrogens with zero attached hydrogens (tertiary/aromatic N) is 4. The van der Waals surface area contributed by atoms with Gasteiger partial charge in [0, 0.05) is 48.8 Å². The van der Waals surface area contributed by atoms with E-state index in [1.165, 1.54) is 12.8 Å². The first-order chi connectivity index (χ1) is 11.7. The molecule has 1 aromatic heterocycles. The van der Waals surface area contributed by atoms with Crippen LogP contribution in [0.2, 0.25) is 0 Å². The Labute approximate surface area is 147 Å². The summed E-state index contributed by atoms with van der Waals surface area (Å²) in [5.41, 5.74) is 1.00. The molecule has 3 heterocycles. The molecule has 7 heteroatoms. The average Bonchev–Trinajstić information content (AvgIpc) is 3.47. The normalized spacial score (nSPS) is 25.0. The molecule has 1 aromatic rings. The van der Waals surface area contributed by atoms with Crippen LogP contribution < -0.4 is 4.90 Å². The standard InChI is InChI=1S/C17H24N4O2S/c1-12-10-15(19-16(18-12)13-2-3-13)21-4-7-23-14(11-21)17(22)20-5-8-24-9-6-20/h10,13-14H,2-9,11H2,1H3. The van der Waals surface area contributed by atoms with Gasteiger partial charge in [-0.2, -0.15) is 11.8 Å². The number of rotatable bonds is 3. The lowest BCUT2D eigenvalue weighted by atomic mass is 10.2. The van der Waals surface area contributed by atoms with E-state index in [0.717, 1.165) is 48.5 Å². The van der Waals surface area contributed by atoms with Crippen LogP contribution in [0.3, 0.4) is 0 Å². The van der Waals surface area contributed by atoms with Crippen LogP contribution in [0.5, 0.6) is 0 Å². The highest BCUT2D eigenvalue weighted by molar-refractivity contribution is 7.99. The molecule has 3 aliphatic rings. The first-order valence-electron chi connectivity index (χ1n) is 8.79. The average molecular weight is 348 g/mol. The summed E-state index contributed by atoms with van der Waals surface area (Å²) in [6.45, 7) is 5.62. The molecule has 130 valence electrons. The first kappa shape index (κ1) is 16.1. The van der Waals surface area contributed by atoms with Crippen LogP contribution in [-0.2, 0) is 9.53 Å². The largest absolute Gasteiger partial charge is 0.365 e. The molecule has 3 fully saturated rings. The van der Waals surface area contributed by atoms with Crippen LogP contribution in [0, 0.1) is 6.92 Å². The van der Waals surface area contributed by atoms with E-state index in [-0.39, 0.29) is 12.0 Å². The second kappa shape index (κ2) is 6.88. The van der Waals surface area contributed by atoms with E-state index in [2.05, 4.69) is 9.88 Å². The number of aryl methyl sites for hydroxylation is 1. The zero-order valence-corrected chi connectivity index (χ0v) is 14.9. The summed E-state index contributed by atoms with van der Waals surface area (Å²) in [5.74, 6) is 4.63. The number of thioether (sulfide) groups is 1. The van der Waals surface area contributed by atoms with Gasteiger partial charge in [-0.1, -0.05) is 0 Å². The summed E-state index contributed by atoms with van der Waals surface area (Å²) < 4.78 is 5.78. The molecule has 24 heavy (non-hydrogen) atoms. The van der Waals surface area contributed by atoms with Gasteiger partial charge in [-0.25, -0.2) is 9.97 Å². The quantitative estimate of drug-likeness (QED) is 0.824. The molecule has 1 aliphatic carbocycles. The van der Waals surface area contributed by atoms with Crippen molar-refractivity contribution in [3.8, 4) is 0 Å². The predicted octanol–water partition coefficient (Wildman–Crippen LogP) is 1.44. The first-order valence-corrected chi connectivity index (χ1v) is 9.95. The minimum atomic E-state index is -0.374. The van der Waals surface area contributed by atoms with Gasteiger partial charge in [0.05, 0.1) is 13.2 Å². The Morgan fingerprint density at radius 2 is 2.04 bits per heavy atom. The Morgan fingerprint density at radius 3 is 2.79 bits per heavy atom. The molecule has 0 aromatic carbocycles.